The van der Waals surface area contributed by atoms with Crippen LogP contribution >= 0.6 is 0 Å². The fourth-order valence-corrected chi connectivity index (χ4v) is 9.48. The molecule has 0 aromatic carbocycles. The lowest BCUT2D eigenvalue weighted by Crippen LogP contribution is -2.61. The van der Waals surface area contributed by atoms with E-state index in [9.17, 15) is 14.7 Å². The number of rotatable bonds is 2. The molecule has 1 aromatic rings. The summed E-state index contributed by atoms with van der Waals surface area (Å²) < 4.78 is 17.9. The maximum Gasteiger partial charge on any atom is 0.335 e. The minimum Gasteiger partial charge on any atom is -0.459 e. The zero-order valence-electron chi connectivity index (χ0n) is 20.1. The molecule has 0 amide bonds. The topological polar surface area (TPSA) is 89.3 Å². The normalized spacial score (nSPS) is 52.2. The van der Waals surface area contributed by atoms with Crippen LogP contribution in [0.4, 0.5) is 0 Å². The highest BCUT2D eigenvalue weighted by molar-refractivity contribution is 5.66. The van der Waals surface area contributed by atoms with Crippen LogP contribution in [-0.4, -0.2) is 35.0 Å². The van der Waals surface area contributed by atoms with Crippen molar-refractivity contribution in [3.8, 4) is 0 Å². The molecule has 180 valence electrons. The molecule has 6 rings (SSSR count). The molecule has 10 unspecified atom stereocenters. The molecule has 2 heterocycles. The summed E-state index contributed by atoms with van der Waals surface area (Å²) in [5.41, 5.74) is 0.371. The third-order valence-electron chi connectivity index (χ3n) is 11.2. The van der Waals surface area contributed by atoms with E-state index in [1.807, 2.05) is 6.07 Å². The number of hydrogen-bond donors (Lipinski definition) is 1. The zero-order valence-corrected chi connectivity index (χ0v) is 20.1. The number of hydrogen-bond acceptors (Lipinski definition) is 6. The van der Waals surface area contributed by atoms with Crippen molar-refractivity contribution in [1.82, 2.24) is 0 Å². The molecule has 5 aliphatic rings. The first kappa shape index (κ1) is 21.8. The van der Waals surface area contributed by atoms with Crippen molar-refractivity contribution in [2.24, 2.45) is 28.1 Å². The quantitative estimate of drug-likeness (QED) is 0.530. The highest BCUT2D eigenvalue weighted by Crippen LogP contribution is 2.79. The molecule has 10 atom stereocenters. The van der Waals surface area contributed by atoms with E-state index in [1.54, 1.807) is 6.26 Å². The lowest BCUT2D eigenvalue weighted by Gasteiger charge is -2.65. The van der Waals surface area contributed by atoms with Gasteiger partial charge in [0, 0.05) is 24.3 Å². The maximum absolute atomic E-state index is 12.1. The Morgan fingerprint density at radius 3 is 2.48 bits per heavy atom. The number of fused-ring (bicyclic) bond motifs is 3. The van der Waals surface area contributed by atoms with Crippen LogP contribution in [0.2, 0.25) is 0 Å². The first-order chi connectivity index (χ1) is 15.6. The Hall–Kier alpha value is -1.66. The van der Waals surface area contributed by atoms with Crippen LogP contribution in [0.25, 0.3) is 0 Å². The summed E-state index contributed by atoms with van der Waals surface area (Å²) in [6, 6.07) is 3.30. The molecule has 1 N–H and O–H groups in total. The standard InChI is InChI=1S/C27H36O6/c1-15(28)32-22-21(16-5-6-20(30)31-14-16)26(4)12-9-18-19(27(26)23(22)33-27)8-10-24(2)13-17(29)7-11-25(18,24)3/h5-6,14,17-19,21-23,29H,7-13H2,1-4H3. The van der Waals surface area contributed by atoms with Gasteiger partial charge >= 0.3 is 11.6 Å². The molecule has 6 heteroatoms. The van der Waals surface area contributed by atoms with Crippen molar-refractivity contribution in [2.75, 3.05) is 0 Å². The largest absolute Gasteiger partial charge is 0.459 e. The molecule has 6 nitrogen and oxygen atoms in total. The van der Waals surface area contributed by atoms with E-state index in [0.717, 1.165) is 50.5 Å². The van der Waals surface area contributed by atoms with Crippen LogP contribution in [-0.2, 0) is 14.3 Å². The summed E-state index contributed by atoms with van der Waals surface area (Å²) in [5, 5.41) is 10.5. The second-order valence-corrected chi connectivity index (χ2v) is 12.4. The number of epoxide rings is 1. The van der Waals surface area contributed by atoms with Crippen LogP contribution in [0.5, 0.6) is 0 Å². The van der Waals surface area contributed by atoms with Gasteiger partial charge in [-0.2, -0.15) is 0 Å². The van der Waals surface area contributed by atoms with Gasteiger partial charge in [0.1, 0.15) is 17.8 Å². The first-order valence-corrected chi connectivity index (χ1v) is 12.7. The minimum atomic E-state index is -0.371. The van der Waals surface area contributed by atoms with Crippen molar-refractivity contribution < 1.29 is 23.8 Å². The minimum absolute atomic E-state index is 0.0558. The molecule has 4 aliphatic carbocycles. The second kappa shape index (κ2) is 6.72. The van der Waals surface area contributed by atoms with Crippen molar-refractivity contribution >= 4 is 5.97 Å². The molecule has 0 radical (unpaired) electrons. The van der Waals surface area contributed by atoms with Gasteiger partial charge in [0.15, 0.2) is 0 Å². The number of carbonyl (C=O) groups excluding carboxylic acids is 1. The third kappa shape index (κ3) is 2.63. The highest BCUT2D eigenvalue weighted by Gasteiger charge is 2.85. The monoisotopic (exact) mass is 456 g/mol. The first-order valence-electron chi connectivity index (χ1n) is 12.7. The molecule has 33 heavy (non-hydrogen) atoms. The Morgan fingerprint density at radius 1 is 1.06 bits per heavy atom. The van der Waals surface area contributed by atoms with Gasteiger partial charge in [-0.05, 0) is 79.2 Å². The molecule has 1 aliphatic heterocycles. The second-order valence-electron chi connectivity index (χ2n) is 12.4. The fourth-order valence-electron chi connectivity index (χ4n) is 9.48. The molecule has 0 bridgehead atoms. The molecular weight excluding hydrogens is 420 g/mol. The predicted octanol–water partition coefficient (Wildman–Crippen LogP) is 4.19. The van der Waals surface area contributed by atoms with Gasteiger partial charge in [0.05, 0.1) is 12.4 Å². The Labute approximate surface area is 195 Å². The summed E-state index contributed by atoms with van der Waals surface area (Å²) in [6.07, 6.45) is 8.00. The van der Waals surface area contributed by atoms with Gasteiger partial charge in [-0.3, -0.25) is 4.79 Å². The average Bonchev–Trinajstić information content (AvgIpc) is 3.45. The van der Waals surface area contributed by atoms with E-state index >= 15 is 0 Å². The molecule has 1 spiro atoms. The van der Waals surface area contributed by atoms with Gasteiger partial charge in [0.2, 0.25) is 0 Å². The Balaban J connectivity index is 1.42. The van der Waals surface area contributed by atoms with Crippen LogP contribution in [0.15, 0.2) is 27.6 Å². The predicted molar refractivity (Wildman–Crippen MR) is 121 cm³/mol. The Kier molecular flexibility index (Phi) is 4.45. The lowest BCUT2D eigenvalue weighted by atomic mass is 9.40. The molecular formula is C27H36O6. The van der Waals surface area contributed by atoms with E-state index in [1.165, 1.54) is 13.0 Å². The third-order valence-corrected chi connectivity index (χ3v) is 11.2. The molecule has 5 fully saturated rings. The van der Waals surface area contributed by atoms with Crippen molar-refractivity contribution in [2.45, 2.75) is 102 Å². The van der Waals surface area contributed by atoms with Crippen molar-refractivity contribution in [3.63, 3.8) is 0 Å². The molecule has 4 saturated carbocycles. The summed E-state index contributed by atoms with van der Waals surface area (Å²) in [5.74, 6) is 0.594. The SMILES string of the molecule is CC(=O)OC1C(c2ccc(=O)oc2)C2(C)CCC3C(CCC4(C)CC(O)CCC34C)C23OC13. The van der Waals surface area contributed by atoms with Crippen LogP contribution in [0.3, 0.4) is 0 Å². The summed E-state index contributed by atoms with van der Waals surface area (Å²) in [4.78, 5) is 23.8. The molecule has 1 aromatic heterocycles. The number of ether oxygens (including phenoxy) is 2. The number of carbonyl (C=O) groups is 1. The van der Waals surface area contributed by atoms with E-state index in [2.05, 4.69) is 20.8 Å². The van der Waals surface area contributed by atoms with Crippen molar-refractivity contribution in [3.05, 3.63) is 34.4 Å². The van der Waals surface area contributed by atoms with Crippen LogP contribution < -0.4 is 5.63 Å². The maximum atomic E-state index is 12.1. The van der Waals surface area contributed by atoms with Crippen LogP contribution in [0.1, 0.15) is 84.1 Å². The van der Waals surface area contributed by atoms with Gasteiger partial charge in [-0.25, -0.2) is 4.79 Å². The summed E-state index contributed by atoms with van der Waals surface area (Å²) >= 11 is 0. The smallest absolute Gasteiger partial charge is 0.335 e. The van der Waals surface area contributed by atoms with Gasteiger partial charge < -0.3 is 19.0 Å². The Morgan fingerprint density at radius 2 is 1.79 bits per heavy atom. The fraction of sp³-hybridized carbons (Fsp3) is 0.778. The van der Waals surface area contributed by atoms with Gasteiger partial charge in [-0.15, -0.1) is 0 Å². The summed E-state index contributed by atoms with van der Waals surface area (Å²) in [6.45, 7) is 8.63. The van der Waals surface area contributed by atoms with E-state index in [4.69, 9.17) is 13.9 Å². The highest BCUT2D eigenvalue weighted by atomic mass is 16.7. The summed E-state index contributed by atoms with van der Waals surface area (Å²) in [7, 11) is 0. The van der Waals surface area contributed by atoms with E-state index in [-0.39, 0.29) is 57.7 Å². The van der Waals surface area contributed by atoms with Gasteiger partial charge in [-0.1, -0.05) is 20.8 Å². The van der Waals surface area contributed by atoms with Crippen molar-refractivity contribution in [1.29, 1.82) is 0 Å². The van der Waals surface area contributed by atoms with Crippen LogP contribution in [0, 0.1) is 28.1 Å². The number of esters is 1. The Bertz CT molecular complexity index is 1030. The van der Waals surface area contributed by atoms with E-state index in [0.29, 0.717) is 11.8 Å². The van der Waals surface area contributed by atoms with E-state index < -0.39 is 0 Å². The average molecular weight is 457 g/mol. The number of aliphatic hydroxyl groups is 1. The number of aliphatic hydroxyl groups excluding tert-OH is 1. The molecule has 1 saturated heterocycles. The zero-order chi connectivity index (χ0) is 23.4. The van der Waals surface area contributed by atoms with Gasteiger partial charge in [0.25, 0.3) is 0 Å². The lowest BCUT2D eigenvalue weighted by molar-refractivity contribution is -0.181.